The highest BCUT2D eigenvalue weighted by molar-refractivity contribution is 6.02. The van der Waals surface area contributed by atoms with E-state index in [-0.39, 0.29) is 0 Å². The standard InChI is InChI=1S/C15H22N2/c1-9(2)14(17-10(3)4)15-13(7)12(6)11(5)8-16-15/h8-9H,3H2,1-2,4-7H3/b17-14-. The van der Waals surface area contributed by atoms with E-state index in [0.29, 0.717) is 5.92 Å². The van der Waals surface area contributed by atoms with Gasteiger partial charge in [-0.05, 0) is 50.3 Å². The summed E-state index contributed by atoms with van der Waals surface area (Å²) in [6.45, 7) is 16.4. The van der Waals surface area contributed by atoms with Crippen LogP contribution in [0.3, 0.4) is 0 Å². The molecule has 1 heterocycles. The lowest BCUT2D eigenvalue weighted by atomic mass is 9.97. The van der Waals surface area contributed by atoms with Crippen LogP contribution >= 0.6 is 0 Å². The molecule has 0 aliphatic heterocycles. The van der Waals surface area contributed by atoms with Crippen LogP contribution in [0.5, 0.6) is 0 Å². The average Bonchev–Trinajstić information content (AvgIpc) is 2.23. The van der Waals surface area contributed by atoms with Crippen molar-refractivity contribution < 1.29 is 0 Å². The van der Waals surface area contributed by atoms with Crippen molar-refractivity contribution in [1.82, 2.24) is 4.98 Å². The SMILES string of the molecule is C=C(C)/N=C(\c1ncc(C)c(C)c1C)C(C)C. The molecule has 0 atom stereocenters. The molecule has 1 aromatic rings. The van der Waals surface area contributed by atoms with Gasteiger partial charge in [0.2, 0.25) is 0 Å². The second kappa shape index (κ2) is 5.26. The predicted molar refractivity (Wildman–Crippen MR) is 74.6 cm³/mol. The summed E-state index contributed by atoms with van der Waals surface area (Å²) in [7, 11) is 0. The highest BCUT2D eigenvalue weighted by atomic mass is 14.8. The van der Waals surface area contributed by atoms with Crippen molar-refractivity contribution in [2.75, 3.05) is 0 Å². The number of aliphatic imine (C=N–C) groups is 1. The monoisotopic (exact) mass is 230 g/mol. The van der Waals surface area contributed by atoms with Gasteiger partial charge in [-0.1, -0.05) is 20.4 Å². The van der Waals surface area contributed by atoms with Gasteiger partial charge in [-0.15, -0.1) is 0 Å². The Bertz CT molecular complexity index is 468. The minimum atomic E-state index is 0.347. The largest absolute Gasteiger partial charge is 0.256 e. The first-order valence-corrected chi connectivity index (χ1v) is 6.01. The smallest absolute Gasteiger partial charge is 0.0879 e. The van der Waals surface area contributed by atoms with E-state index >= 15 is 0 Å². The molecule has 1 aromatic heterocycles. The summed E-state index contributed by atoms with van der Waals surface area (Å²) in [5.41, 5.74) is 6.60. The van der Waals surface area contributed by atoms with Crippen LogP contribution in [0, 0.1) is 26.7 Å². The number of allylic oxidation sites excluding steroid dienone is 1. The first kappa shape index (κ1) is 13.6. The van der Waals surface area contributed by atoms with Crippen molar-refractivity contribution in [3.05, 3.63) is 40.9 Å². The molecule has 0 bridgehead atoms. The van der Waals surface area contributed by atoms with Crippen LogP contribution in [-0.4, -0.2) is 10.7 Å². The molecule has 1 rings (SSSR count). The first-order valence-electron chi connectivity index (χ1n) is 6.01. The van der Waals surface area contributed by atoms with Gasteiger partial charge in [0.25, 0.3) is 0 Å². The lowest BCUT2D eigenvalue weighted by Crippen LogP contribution is -2.14. The zero-order valence-electron chi connectivity index (χ0n) is 11.8. The molecule has 0 N–H and O–H groups in total. The highest BCUT2D eigenvalue weighted by Gasteiger charge is 2.14. The van der Waals surface area contributed by atoms with E-state index in [1.54, 1.807) is 0 Å². The van der Waals surface area contributed by atoms with E-state index in [2.05, 4.69) is 51.2 Å². The van der Waals surface area contributed by atoms with Crippen molar-refractivity contribution in [3.63, 3.8) is 0 Å². The Morgan fingerprint density at radius 3 is 2.29 bits per heavy atom. The number of pyridine rings is 1. The van der Waals surface area contributed by atoms with Crippen LogP contribution in [0.25, 0.3) is 0 Å². The second-order valence-corrected chi connectivity index (χ2v) is 4.93. The van der Waals surface area contributed by atoms with Gasteiger partial charge in [-0.2, -0.15) is 0 Å². The Balaban J connectivity index is 3.40. The van der Waals surface area contributed by atoms with Crippen molar-refractivity contribution in [3.8, 4) is 0 Å². The molecule has 0 saturated heterocycles. The maximum Gasteiger partial charge on any atom is 0.0879 e. The molecule has 0 spiro atoms. The molecule has 0 radical (unpaired) electrons. The van der Waals surface area contributed by atoms with Gasteiger partial charge in [-0.3, -0.25) is 9.98 Å². The van der Waals surface area contributed by atoms with E-state index in [4.69, 9.17) is 0 Å². The Morgan fingerprint density at radius 2 is 1.82 bits per heavy atom. The molecule has 0 aliphatic carbocycles. The molecule has 0 aliphatic rings. The Morgan fingerprint density at radius 1 is 1.24 bits per heavy atom. The number of aromatic nitrogens is 1. The van der Waals surface area contributed by atoms with E-state index in [1.807, 2.05) is 13.1 Å². The summed E-state index contributed by atoms with van der Waals surface area (Å²) in [4.78, 5) is 9.08. The van der Waals surface area contributed by atoms with Gasteiger partial charge in [0.15, 0.2) is 0 Å². The summed E-state index contributed by atoms with van der Waals surface area (Å²) in [6, 6.07) is 0. The fourth-order valence-corrected chi connectivity index (χ4v) is 1.75. The van der Waals surface area contributed by atoms with E-state index in [0.717, 1.165) is 17.1 Å². The van der Waals surface area contributed by atoms with E-state index in [1.165, 1.54) is 16.7 Å². The molecule has 0 amide bonds. The summed E-state index contributed by atoms with van der Waals surface area (Å²) in [5, 5.41) is 0. The van der Waals surface area contributed by atoms with E-state index in [9.17, 15) is 0 Å². The maximum atomic E-state index is 4.54. The molecule has 0 aromatic carbocycles. The highest BCUT2D eigenvalue weighted by Crippen LogP contribution is 2.19. The van der Waals surface area contributed by atoms with E-state index < -0.39 is 0 Å². The quantitative estimate of drug-likeness (QED) is 0.721. The van der Waals surface area contributed by atoms with Gasteiger partial charge in [0.1, 0.15) is 0 Å². The molecule has 17 heavy (non-hydrogen) atoms. The minimum absolute atomic E-state index is 0.347. The topological polar surface area (TPSA) is 25.2 Å². The van der Waals surface area contributed by atoms with Crippen LogP contribution in [0.4, 0.5) is 0 Å². The van der Waals surface area contributed by atoms with Crippen molar-refractivity contribution >= 4 is 5.71 Å². The zero-order chi connectivity index (χ0) is 13.2. The van der Waals surface area contributed by atoms with Crippen LogP contribution in [0.1, 0.15) is 43.2 Å². The molecular formula is C15H22N2. The fourth-order valence-electron chi connectivity index (χ4n) is 1.75. The second-order valence-electron chi connectivity index (χ2n) is 4.93. The molecular weight excluding hydrogens is 208 g/mol. The van der Waals surface area contributed by atoms with Gasteiger partial charge in [-0.25, -0.2) is 0 Å². The van der Waals surface area contributed by atoms with Crippen molar-refractivity contribution in [1.29, 1.82) is 0 Å². The average molecular weight is 230 g/mol. The molecule has 0 saturated carbocycles. The Kier molecular flexibility index (Phi) is 4.22. The van der Waals surface area contributed by atoms with Gasteiger partial charge in [0, 0.05) is 11.9 Å². The number of nitrogens with zero attached hydrogens (tertiary/aromatic N) is 2. The van der Waals surface area contributed by atoms with Crippen molar-refractivity contribution in [2.24, 2.45) is 10.9 Å². The number of rotatable bonds is 3. The van der Waals surface area contributed by atoms with Crippen LogP contribution in [0.2, 0.25) is 0 Å². The van der Waals surface area contributed by atoms with Gasteiger partial charge < -0.3 is 0 Å². The predicted octanol–water partition coefficient (Wildman–Crippen LogP) is 3.99. The molecule has 2 heteroatoms. The number of aryl methyl sites for hydroxylation is 1. The van der Waals surface area contributed by atoms with Gasteiger partial charge >= 0.3 is 0 Å². The maximum absolute atomic E-state index is 4.54. The van der Waals surface area contributed by atoms with Crippen molar-refractivity contribution in [2.45, 2.75) is 41.5 Å². The lowest BCUT2D eigenvalue weighted by Gasteiger charge is -2.15. The summed E-state index contributed by atoms with van der Waals surface area (Å²) < 4.78 is 0. The third-order valence-corrected chi connectivity index (χ3v) is 3.00. The van der Waals surface area contributed by atoms with Crippen LogP contribution in [-0.2, 0) is 0 Å². The Labute approximate surface area is 105 Å². The fraction of sp³-hybridized carbons (Fsp3) is 0.467. The molecule has 92 valence electrons. The first-order chi connectivity index (χ1) is 7.84. The summed E-state index contributed by atoms with van der Waals surface area (Å²) >= 11 is 0. The summed E-state index contributed by atoms with van der Waals surface area (Å²) in [6.07, 6.45) is 1.92. The third kappa shape index (κ3) is 3.02. The number of hydrogen-bond acceptors (Lipinski definition) is 2. The third-order valence-electron chi connectivity index (χ3n) is 3.00. The van der Waals surface area contributed by atoms with Gasteiger partial charge in [0.05, 0.1) is 11.4 Å². The minimum Gasteiger partial charge on any atom is -0.256 e. The molecule has 0 unspecified atom stereocenters. The van der Waals surface area contributed by atoms with Crippen LogP contribution < -0.4 is 0 Å². The number of hydrogen-bond donors (Lipinski definition) is 0. The lowest BCUT2D eigenvalue weighted by molar-refractivity contribution is 0.872. The molecule has 0 fully saturated rings. The summed E-state index contributed by atoms with van der Waals surface area (Å²) in [5.74, 6) is 0.347. The Hall–Kier alpha value is -1.44. The van der Waals surface area contributed by atoms with Crippen LogP contribution in [0.15, 0.2) is 23.5 Å². The zero-order valence-corrected chi connectivity index (χ0v) is 11.8. The molecule has 2 nitrogen and oxygen atoms in total. The normalized spacial score (nSPS) is 12.1.